The maximum Gasteiger partial charge on any atom is 0.261 e. The third-order valence-electron chi connectivity index (χ3n) is 4.34. The summed E-state index contributed by atoms with van der Waals surface area (Å²) >= 11 is 9.27. The number of oxazole rings is 1. The van der Waals surface area contributed by atoms with E-state index in [1.165, 1.54) is 18.3 Å². The molecule has 0 saturated heterocycles. The number of hydrogen-bond acceptors (Lipinski definition) is 6. The molecule has 4 rings (SSSR count). The van der Waals surface area contributed by atoms with Crippen LogP contribution in [0.4, 0.5) is 11.4 Å². The normalized spacial score (nSPS) is 11.8. The molecule has 0 bridgehead atoms. The summed E-state index contributed by atoms with van der Waals surface area (Å²) < 4.78 is 34.1. The van der Waals surface area contributed by atoms with Gasteiger partial charge < -0.3 is 9.73 Å². The minimum absolute atomic E-state index is 0.103. The van der Waals surface area contributed by atoms with Crippen LogP contribution in [0.15, 0.2) is 86.7 Å². The van der Waals surface area contributed by atoms with Crippen LogP contribution in [0.1, 0.15) is 5.89 Å². The Morgan fingerprint density at radius 1 is 1.06 bits per heavy atom. The molecule has 2 N–H and O–H groups in total. The van der Waals surface area contributed by atoms with Gasteiger partial charge in [-0.05, 0) is 66.7 Å². The van der Waals surface area contributed by atoms with E-state index in [0.29, 0.717) is 27.5 Å². The van der Waals surface area contributed by atoms with Crippen LogP contribution in [0.25, 0.3) is 16.7 Å². The minimum Gasteiger partial charge on any atom is -0.435 e. The molecule has 0 fully saturated rings. The van der Waals surface area contributed by atoms with Gasteiger partial charge in [0.2, 0.25) is 5.89 Å². The second kappa shape index (κ2) is 9.04. The van der Waals surface area contributed by atoms with Gasteiger partial charge in [0.15, 0.2) is 5.58 Å². The highest BCUT2D eigenvalue weighted by atomic mass is 79.9. The van der Waals surface area contributed by atoms with Crippen molar-refractivity contribution in [1.82, 2.24) is 4.98 Å². The van der Waals surface area contributed by atoms with Gasteiger partial charge in [0.05, 0.1) is 4.90 Å². The average Bonchev–Trinajstić information content (AvgIpc) is 3.19. The number of halogens is 2. The number of nitrogens with one attached hydrogen (secondary N) is 2. The predicted octanol–water partition coefficient (Wildman–Crippen LogP) is 6.02. The van der Waals surface area contributed by atoms with Crippen molar-refractivity contribution in [3.8, 4) is 6.07 Å². The van der Waals surface area contributed by atoms with Gasteiger partial charge in [0.1, 0.15) is 17.2 Å². The van der Waals surface area contributed by atoms with Crippen molar-refractivity contribution in [1.29, 1.82) is 5.26 Å². The zero-order valence-electron chi connectivity index (χ0n) is 16.2. The minimum atomic E-state index is -3.74. The number of hydrogen-bond donors (Lipinski definition) is 2. The van der Waals surface area contributed by atoms with Crippen molar-refractivity contribution in [3.05, 3.63) is 88.3 Å². The van der Waals surface area contributed by atoms with E-state index in [9.17, 15) is 13.7 Å². The monoisotopic (exact) mass is 528 g/mol. The van der Waals surface area contributed by atoms with Crippen molar-refractivity contribution < 1.29 is 12.8 Å². The summed E-state index contributed by atoms with van der Waals surface area (Å²) in [5, 5.41) is 12.9. The van der Waals surface area contributed by atoms with Crippen LogP contribution in [0.5, 0.6) is 0 Å². The molecule has 0 radical (unpaired) electrons. The molecule has 0 atom stereocenters. The van der Waals surface area contributed by atoms with Crippen LogP contribution in [0.2, 0.25) is 5.02 Å². The Labute approximate surface area is 197 Å². The predicted molar refractivity (Wildman–Crippen MR) is 128 cm³/mol. The Bertz CT molecular complexity index is 1460. The van der Waals surface area contributed by atoms with Crippen molar-refractivity contribution in [2.75, 3.05) is 10.0 Å². The summed E-state index contributed by atoms with van der Waals surface area (Å²) in [4.78, 5) is 4.38. The fourth-order valence-electron chi connectivity index (χ4n) is 2.78. The van der Waals surface area contributed by atoms with E-state index >= 15 is 0 Å². The Hall–Kier alpha value is -3.32. The standard InChI is InChI=1S/C22H14BrClN4O3S/c23-15-1-4-18(5-2-15)28-32(29,30)19-8-6-17(7-9-19)26-13-14(12-25)22-27-20-11-16(24)3-10-21(20)31-22/h1-11,13,26,28H. The molecule has 0 unspecified atom stereocenters. The van der Waals surface area contributed by atoms with E-state index < -0.39 is 10.0 Å². The van der Waals surface area contributed by atoms with Crippen LogP contribution < -0.4 is 10.0 Å². The van der Waals surface area contributed by atoms with E-state index in [-0.39, 0.29) is 16.4 Å². The van der Waals surface area contributed by atoms with Gasteiger partial charge in [0, 0.05) is 27.1 Å². The first-order valence-corrected chi connectivity index (χ1v) is 11.8. The lowest BCUT2D eigenvalue weighted by atomic mass is 10.3. The Balaban J connectivity index is 1.50. The first-order valence-electron chi connectivity index (χ1n) is 9.16. The van der Waals surface area contributed by atoms with Crippen LogP contribution >= 0.6 is 27.5 Å². The summed E-state index contributed by atoms with van der Waals surface area (Å²) in [6.07, 6.45) is 1.44. The maximum atomic E-state index is 12.6. The van der Waals surface area contributed by atoms with E-state index in [4.69, 9.17) is 16.0 Å². The Morgan fingerprint density at radius 2 is 1.75 bits per heavy atom. The molecule has 0 spiro atoms. The van der Waals surface area contributed by atoms with E-state index in [0.717, 1.165) is 4.47 Å². The number of benzene rings is 3. The van der Waals surface area contributed by atoms with E-state index in [1.54, 1.807) is 54.6 Å². The molecule has 1 heterocycles. The first kappa shape index (κ1) is 21.9. The van der Waals surface area contributed by atoms with E-state index in [2.05, 4.69) is 31.0 Å². The average molecular weight is 530 g/mol. The lowest BCUT2D eigenvalue weighted by Gasteiger charge is -2.09. The van der Waals surface area contributed by atoms with Crippen LogP contribution in [-0.4, -0.2) is 13.4 Å². The van der Waals surface area contributed by atoms with Crippen LogP contribution in [-0.2, 0) is 10.0 Å². The number of rotatable bonds is 6. The van der Waals surface area contributed by atoms with Crippen molar-refractivity contribution in [3.63, 3.8) is 0 Å². The summed E-state index contributed by atoms with van der Waals surface area (Å²) in [7, 11) is -3.74. The smallest absolute Gasteiger partial charge is 0.261 e. The number of sulfonamides is 1. The molecule has 10 heteroatoms. The molecule has 160 valence electrons. The second-order valence-corrected chi connectivity index (χ2v) is 9.62. The fraction of sp³-hybridized carbons (Fsp3) is 0. The number of fused-ring (bicyclic) bond motifs is 1. The number of allylic oxidation sites excluding steroid dienone is 1. The number of aromatic nitrogens is 1. The Morgan fingerprint density at radius 3 is 2.44 bits per heavy atom. The van der Waals surface area contributed by atoms with Gasteiger partial charge in [0.25, 0.3) is 10.0 Å². The maximum absolute atomic E-state index is 12.6. The molecule has 0 aliphatic heterocycles. The molecule has 0 amide bonds. The summed E-state index contributed by atoms with van der Waals surface area (Å²) in [5.41, 5.74) is 2.27. The van der Waals surface area contributed by atoms with Gasteiger partial charge in [-0.3, -0.25) is 4.72 Å². The molecule has 3 aromatic carbocycles. The highest BCUT2D eigenvalue weighted by molar-refractivity contribution is 9.10. The van der Waals surface area contributed by atoms with Gasteiger partial charge in [-0.15, -0.1) is 0 Å². The summed E-state index contributed by atoms with van der Waals surface area (Å²) in [6.45, 7) is 0. The third kappa shape index (κ3) is 4.94. The summed E-state index contributed by atoms with van der Waals surface area (Å²) in [6, 6.07) is 19.9. The first-order chi connectivity index (χ1) is 15.3. The SMILES string of the molecule is N#CC(=CNc1ccc(S(=O)(=O)Nc2ccc(Br)cc2)cc1)c1nc2cc(Cl)ccc2o1. The molecule has 32 heavy (non-hydrogen) atoms. The fourth-order valence-corrected chi connectivity index (χ4v) is 4.26. The lowest BCUT2D eigenvalue weighted by Crippen LogP contribution is -2.12. The highest BCUT2D eigenvalue weighted by Crippen LogP contribution is 2.24. The van der Waals surface area contributed by atoms with Crippen LogP contribution in [0, 0.1) is 11.3 Å². The van der Waals surface area contributed by atoms with Gasteiger partial charge in [-0.25, -0.2) is 13.4 Å². The molecular weight excluding hydrogens is 516 g/mol. The molecule has 0 aliphatic carbocycles. The van der Waals surface area contributed by atoms with E-state index in [1.807, 2.05) is 6.07 Å². The van der Waals surface area contributed by atoms with Gasteiger partial charge >= 0.3 is 0 Å². The highest BCUT2D eigenvalue weighted by Gasteiger charge is 2.14. The third-order valence-corrected chi connectivity index (χ3v) is 6.51. The largest absolute Gasteiger partial charge is 0.435 e. The zero-order valence-corrected chi connectivity index (χ0v) is 19.4. The molecule has 0 aliphatic rings. The number of anilines is 2. The molecule has 7 nitrogen and oxygen atoms in total. The lowest BCUT2D eigenvalue weighted by molar-refractivity contribution is 0.586. The van der Waals surface area contributed by atoms with Crippen molar-refractivity contribution >= 4 is 65.6 Å². The molecule has 1 aromatic heterocycles. The number of nitriles is 1. The van der Waals surface area contributed by atoms with Gasteiger partial charge in [-0.1, -0.05) is 27.5 Å². The molecular formula is C22H14BrClN4O3S. The topological polar surface area (TPSA) is 108 Å². The van der Waals surface area contributed by atoms with Crippen molar-refractivity contribution in [2.24, 2.45) is 0 Å². The number of nitrogens with zero attached hydrogens (tertiary/aromatic N) is 2. The van der Waals surface area contributed by atoms with Crippen LogP contribution in [0.3, 0.4) is 0 Å². The Kier molecular flexibility index (Phi) is 6.19. The van der Waals surface area contributed by atoms with Crippen molar-refractivity contribution in [2.45, 2.75) is 4.90 Å². The second-order valence-electron chi connectivity index (χ2n) is 6.58. The summed E-state index contributed by atoms with van der Waals surface area (Å²) in [5.74, 6) is 0.148. The van der Waals surface area contributed by atoms with Gasteiger partial charge in [-0.2, -0.15) is 5.26 Å². The zero-order chi connectivity index (χ0) is 22.7. The quantitative estimate of drug-likeness (QED) is 0.296. The molecule has 0 saturated carbocycles. The molecule has 4 aromatic rings.